The number of carbonyl (C=O) groups excluding carboxylic acids is 1. The molecule has 1 N–H and O–H groups in total. The lowest BCUT2D eigenvalue weighted by Gasteiger charge is -2.07. The van der Waals surface area contributed by atoms with Crippen molar-refractivity contribution in [1.29, 1.82) is 0 Å². The summed E-state index contributed by atoms with van der Waals surface area (Å²) in [6, 6.07) is 3.69. The van der Waals surface area contributed by atoms with Crippen LogP contribution in [-0.4, -0.2) is 22.7 Å². The molecule has 0 aliphatic heterocycles. The van der Waals surface area contributed by atoms with Gasteiger partial charge in [-0.1, -0.05) is 29.9 Å². The van der Waals surface area contributed by atoms with Crippen LogP contribution >= 0.6 is 22.9 Å². The highest BCUT2D eigenvalue weighted by Crippen LogP contribution is 2.24. The maximum Gasteiger partial charge on any atom is 0.264 e. The maximum atomic E-state index is 12.8. The zero-order valence-corrected chi connectivity index (χ0v) is 12.1. The Morgan fingerprint density at radius 3 is 2.95 bits per heavy atom. The second-order valence-electron chi connectivity index (χ2n) is 3.77. The molecule has 0 atom stereocenters. The van der Waals surface area contributed by atoms with Gasteiger partial charge < -0.3 is 4.74 Å². The monoisotopic (exact) mass is 315 g/mol. The Labute approximate surface area is 123 Å². The van der Waals surface area contributed by atoms with Crippen molar-refractivity contribution in [2.75, 3.05) is 11.9 Å². The van der Waals surface area contributed by atoms with Gasteiger partial charge in [0.05, 0.1) is 5.02 Å². The Balaban J connectivity index is 1.88. The number of benzene rings is 1. The molecular formula is C12H11ClFN3O2S. The van der Waals surface area contributed by atoms with E-state index in [0.717, 1.165) is 17.5 Å². The summed E-state index contributed by atoms with van der Waals surface area (Å²) >= 11 is 7.08. The zero-order valence-electron chi connectivity index (χ0n) is 10.5. The first-order chi connectivity index (χ1) is 9.58. The summed E-state index contributed by atoms with van der Waals surface area (Å²) in [5.74, 6) is -0.605. The van der Waals surface area contributed by atoms with Gasteiger partial charge in [-0.05, 0) is 24.6 Å². The molecule has 0 aliphatic carbocycles. The average Bonchev–Trinajstić information content (AvgIpc) is 2.85. The summed E-state index contributed by atoms with van der Waals surface area (Å²) in [5.41, 5.74) is 0. The quantitative estimate of drug-likeness (QED) is 0.921. The lowest BCUT2D eigenvalue weighted by molar-refractivity contribution is -0.118. The van der Waals surface area contributed by atoms with Crippen LogP contribution in [0, 0.1) is 5.82 Å². The Kier molecular flexibility index (Phi) is 4.86. The third-order valence-corrected chi connectivity index (χ3v) is 3.55. The van der Waals surface area contributed by atoms with Gasteiger partial charge in [0.2, 0.25) is 5.13 Å². The smallest absolute Gasteiger partial charge is 0.264 e. The van der Waals surface area contributed by atoms with Crippen molar-refractivity contribution in [3.63, 3.8) is 0 Å². The number of carbonyl (C=O) groups is 1. The highest BCUT2D eigenvalue weighted by atomic mass is 35.5. The van der Waals surface area contributed by atoms with E-state index in [2.05, 4.69) is 15.5 Å². The third kappa shape index (κ3) is 3.88. The lowest BCUT2D eigenvalue weighted by atomic mass is 10.3. The van der Waals surface area contributed by atoms with Crippen molar-refractivity contribution < 1.29 is 13.9 Å². The van der Waals surface area contributed by atoms with Crippen molar-refractivity contribution in [3.8, 4) is 5.75 Å². The van der Waals surface area contributed by atoms with Crippen LogP contribution in [0.1, 0.15) is 11.9 Å². The molecular weight excluding hydrogens is 305 g/mol. The van der Waals surface area contributed by atoms with E-state index in [4.69, 9.17) is 16.3 Å². The second-order valence-corrected chi connectivity index (χ2v) is 5.24. The number of ether oxygens (including phenoxy) is 1. The van der Waals surface area contributed by atoms with E-state index in [9.17, 15) is 9.18 Å². The molecule has 2 rings (SSSR count). The molecule has 0 unspecified atom stereocenters. The topological polar surface area (TPSA) is 64.1 Å². The number of nitrogens with zero attached hydrogens (tertiary/aromatic N) is 2. The van der Waals surface area contributed by atoms with Crippen LogP contribution < -0.4 is 10.1 Å². The van der Waals surface area contributed by atoms with Gasteiger partial charge in [0, 0.05) is 0 Å². The van der Waals surface area contributed by atoms with E-state index < -0.39 is 5.82 Å². The molecule has 0 fully saturated rings. The van der Waals surface area contributed by atoms with Crippen LogP contribution in [0.5, 0.6) is 5.75 Å². The maximum absolute atomic E-state index is 12.8. The fourth-order valence-electron chi connectivity index (χ4n) is 1.34. The van der Waals surface area contributed by atoms with Gasteiger partial charge in [-0.25, -0.2) is 4.39 Å². The van der Waals surface area contributed by atoms with Crippen LogP contribution in [0.15, 0.2) is 18.2 Å². The highest BCUT2D eigenvalue weighted by molar-refractivity contribution is 7.15. The first-order valence-corrected chi connectivity index (χ1v) is 6.98. The number of amides is 1. The summed E-state index contributed by atoms with van der Waals surface area (Å²) in [6.07, 6.45) is 0.759. The number of aromatic nitrogens is 2. The lowest BCUT2D eigenvalue weighted by Crippen LogP contribution is -2.20. The van der Waals surface area contributed by atoms with E-state index in [1.807, 2.05) is 6.92 Å². The Bertz CT molecular complexity index is 620. The van der Waals surface area contributed by atoms with Crippen LogP contribution in [0.25, 0.3) is 0 Å². The van der Waals surface area contributed by atoms with Gasteiger partial charge >= 0.3 is 0 Å². The minimum Gasteiger partial charge on any atom is -0.482 e. The molecule has 1 heterocycles. The number of halogens is 2. The zero-order chi connectivity index (χ0) is 14.5. The predicted molar refractivity (Wildman–Crippen MR) is 74.8 cm³/mol. The number of hydrogen-bond donors (Lipinski definition) is 1. The minimum absolute atomic E-state index is 0.113. The summed E-state index contributed by atoms with van der Waals surface area (Å²) < 4.78 is 18.0. The average molecular weight is 316 g/mol. The van der Waals surface area contributed by atoms with Crippen molar-refractivity contribution in [2.24, 2.45) is 0 Å². The molecule has 5 nitrogen and oxygen atoms in total. The number of anilines is 1. The Morgan fingerprint density at radius 2 is 2.30 bits per heavy atom. The number of aryl methyl sites for hydroxylation is 1. The van der Waals surface area contributed by atoms with E-state index in [1.54, 1.807) is 0 Å². The number of hydrogen-bond acceptors (Lipinski definition) is 5. The molecule has 0 aliphatic rings. The van der Waals surface area contributed by atoms with Crippen LogP contribution in [0.3, 0.4) is 0 Å². The molecule has 1 amide bonds. The minimum atomic E-state index is -0.465. The predicted octanol–water partition coefficient (Wildman–Crippen LogP) is 2.91. The first kappa shape index (κ1) is 14.7. The van der Waals surface area contributed by atoms with Crippen LogP contribution in [-0.2, 0) is 11.2 Å². The highest BCUT2D eigenvalue weighted by Gasteiger charge is 2.09. The Hall–Kier alpha value is -1.73. The molecule has 20 heavy (non-hydrogen) atoms. The van der Waals surface area contributed by atoms with Gasteiger partial charge in [0.15, 0.2) is 6.61 Å². The normalized spacial score (nSPS) is 10.3. The fourth-order valence-corrected chi connectivity index (χ4v) is 2.26. The molecule has 1 aromatic heterocycles. The van der Waals surface area contributed by atoms with Crippen LogP contribution in [0.4, 0.5) is 9.52 Å². The molecule has 2 aromatic rings. The largest absolute Gasteiger partial charge is 0.482 e. The SMILES string of the molecule is CCc1nnc(NC(=O)COc2ccc(F)cc2Cl)s1. The number of nitrogens with one attached hydrogen (secondary N) is 1. The van der Waals surface area contributed by atoms with Gasteiger partial charge in [0.25, 0.3) is 5.91 Å². The fraction of sp³-hybridized carbons (Fsp3) is 0.250. The van der Waals surface area contributed by atoms with Gasteiger partial charge in [-0.2, -0.15) is 0 Å². The molecule has 0 radical (unpaired) electrons. The molecule has 0 saturated heterocycles. The van der Waals surface area contributed by atoms with Crippen molar-refractivity contribution in [3.05, 3.63) is 34.0 Å². The van der Waals surface area contributed by atoms with Gasteiger partial charge in [0.1, 0.15) is 16.6 Å². The summed E-state index contributed by atoms with van der Waals surface area (Å²) in [7, 11) is 0. The van der Waals surface area contributed by atoms with E-state index >= 15 is 0 Å². The number of rotatable bonds is 5. The van der Waals surface area contributed by atoms with Crippen molar-refractivity contribution in [1.82, 2.24) is 10.2 Å². The van der Waals surface area contributed by atoms with Crippen molar-refractivity contribution in [2.45, 2.75) is 13.3 Å². The third-order valence-electron chi connectivity index (χ3n) is 2.27. The van der Waals surface area contributed by atoms with Crippen LogP contribution in [0.2, 0.25) is 5.02 Å². The molecule has 0 bridgehead atoms. The summed E-state index contributed by atoms with van der Waals surface area (Å²) in [6.45, 7) is 1.71. The molecule has 0 spiro atoms. The first-order valence-electron chi connectivity index (χ1n) is 5.78. The molecule has 1 aromatic carbocycles. The summed E-state index contributed by atoms with van der Waals surface area (Å²) in [4.78, 5) is 11.6. The molecule has 8 heteroatoms. The van der Waals surface area contributed by atoms with Gasteiger partial charge in [-0.3, -0.25) is 10.1 Å². The molecule has 106 valence electrons. The summed E-state index contributed by atoms with van der Waals surface area (Å²) in [5, 5.41) is 11.6. The van der Waals surface area contributed by atoms with E-state index in [-0.39, 0.29) is 23.3 Å². The standard InChI is InChI=1S/C12H11ClFN3O2S/c1-2-11-16-17-12(20-11)15-10(18)6-19-9-4-3-7(14)5-8(9)13/h3-5H,2,6H2,1H3,(H,15,17,18). The van der Waals surface area contributed by atoms with Gasteiger partial charge in [-0.15, -0.1) is 10.2 Å². The van der Waals surface area contributed by atoms with E-state index in [0.29, 0.717) is 5.13 Å². The Morgan fingerprint density at radius 1 is 1.50 bits per heavy atom. The van der Waals surface area contributed by atoms with Crippen molar-refractivity contribution >= 4 is 34.0 Å². The van der Waals surface area contributed by atoms with E-state index in [1.165, 1.54) is 23.5 Å². The molecule has 0 saturated carbocycles. The second kappa shape index (κ2) is 6.62.